The molecule has 1 heterocycles. The van der Waals surface area contributed by atoms with Crippen LogP contribution in [0.1, 0.15) is 26.1 Å². The molecule has 0 bridgehead atoms. The molecular formula is C11H20N4O2. The largest absolute Gasteiger partial charge is 0.466 e. The smallest absolute Gasteiger partial charge is 0.307 e. The maximum atomic E-state index is 11.2. The van der Waals surface area contributed by atoms with E-state index in [4.69, 9.17) is 4.74 Å². The minimum atomic E-state index is -0.161. The lowest BCUT2D eigenvalue weighted by molar-refractivity contribution is -0.143. The van der Waals surface area contributed by atoms with Crippen LogP contribution in [0.15, 0.2) is 6.33 Å². The molecule has 0 saturated heterocycles. The van der Waals surface area contributed by atoms with Gasteiger partial charge in [-0.1, -0.05) is 0 Å². The quantitative estimate of drug-likeness (QED) is 0.694. The van der Waals surface area contributed by atoms with E-state index in [9.17, 15) is 4.79 Å². The highest BCUT2D eigenvalue weighted by Gasteiger charge is 2.09. The molecule has 6 nitrogen and oxygen atoms in total. The van der Waals surface area contributed by atoms with Crippen molar-refractivity contribution < 1.29 is 9.53 Å². The Balaban J connectivity index is 2.18. The Kier molecular flexibility index (Phi) is 5.62. The normalized spacial score (nSPS) is 12.4. The zero-order chi connectivity index (χ0) is 12.7. The number of rotatable bonds is 7. The van der Waals surface area contributed by atoms with Gasteiger partial charge in [-0.05, 0) is 13.8 Å². The van der Waals surface area contributed by atoms with Crippen LogP contribution in [0.2, 0.25) is 0 Å². The molecule has 0 aliphatic rings. The molecule has 0 saturated carbocycles. The van der Waals surface area contributed by atoms with Crippen LogP contribution in [0.3, 0.4) is 0 Å². The van der Waals surface area contributed by atoms with Gasteiger partial charge in [0.1, 0.15) is 12.2 Å². The molecule has 1 unspecified atom stereocenters. The van der Waals surface area contributed by atoms with E-state index in [2.05, 4.69) is 15.5 Å². The van der Waals surface area contributed by atoms with Crippen molar-refractivity contribution in [1.82, 2.24) is 20.1 Å². The van der Waals surface area contributed by atoms with Crippen LogP contribution < -0.4 is 5.32 Å². The Morgan fingerprint density at radius 1 is 1.65 bits per heavy atom. The van der Waals surface area contributed by atoms with Crippen LogP contribution in [0.4, 0.5) is 0 Å². The van der Waals surface area contributed by atoms with Gasteiger partial charge in [0.2, 0.25) is 0 Å². The van der Waals surface area contributed by atoms with E-state index in [0.717, 1.165) is 18.8 Å². The number of hydrogen-bond acceptors (Lipinski definition) is 5. The third-order valence-electron chi connectivity index (χ3n) is 2.42. The number of hydrogen-bond donors (Lipinski definition) is 1. The summed E-state index contributed by atoms with van der Waals surface area (Å²) in [5.41, 5.74) is 0. The summed E-state index contributed by atoms with van der Waals surface area (Å²) in [6.07, 6.45) is 2.87. The molecule has 0 fully saturated rings. The summed E-state index contributed by atoms with van der Waals surface area (Å²) in [5, 5.41) is 11.0. The molecule has 0 amide bonds. The zero-order valence-electron chi connectivity index (χ0n) is 10.6. The Bertz CT molecular complexity index is 351. The van der Waals surface area contributed by atoms with Crippen LogP contribution in [-0.4, -0.2) is 39.9 Å². The minimum absolute atomic E-state index is 0.113. The molecule has 0 aromatic carbocycles. The van der Waals surface area contributed by atoms with Gasteiger partial charge < -0.3 is 14.6 Å². The van der Waals surface area contributed by atoms with Gasteiger partial charge in [-0.2, -0.15) is 0 Å². The van der Waals surface area contributed by atoms with Crippen LogP contribution in [0.25, 0.3) is 0 Å². The Hall–Kier alpha value is -1.43. The predicted molar refractivity (Wildman–Crippen MR) is 63.4 cm³/mol. The monoisotopic (exact) mass is 240 g/mol. The fraction of sp³-hybridized carbons (Fsp3) is 0.727. The first kappa shape index (κ1) is 13.6. The SMILES string of the molecule is CCOC(=O)CC(C)NCCc1nncn1C. The van der Waals surface area contributed by atoms with E-state index < -0.39 is 0 Å². The molecule has 0 aliphatic carbocycles. The van der Waals surface area contributed by atoms with Crippen LogP contribution in [-0.2, 0) is 23.0 Å². The second kappa shape index (κ2) is 7.01. The summed E-state index contributed by atoms with van der Waals surface area (Å²) in [6, 6.07) is 0.113. The molecule has 0 aliphatic heterocycles. The highest BCUT2D eigenvalue weighted by Crippen LogP contribution is 1.96. The number of aryl methyl sites for hydroxylation is 1. The first-order chi connectivity index (χ1) is 8.13. The topological polar surface area (TPSA) is 69.0 Å². The van der Waals surface area contributed by atoms with Crippen LogP contribution >= 0.6 is 0 Å². The number of carbonyl (C=O) groups excluding carboxylic acids is 1. The molecule has 0 radical (unpaired) electrons. The molecule has 6 heteroatoms. The van der Waals surface area contributed by atoms with E-state index in [-0.39, 0.29) is 12.0 Å². The number of nitrogens with one attached hydrogen (secondary N) is 1. The molecular weight excluding hydrogens is 220 g/mol. The van der Waals surface area contributed by atoms with E-state index in [1.807, 2.05) is 25.5 Å². The second-order valence-electron chi connectivity index (χ2n) is 3.97. The van der Waals surface area contributed by atoms with E-state index >= 15 is 0 Å². The lowest BCUT2D eigenvalue weighted by atomic mass is 10.2. The molecule has 1 rings (SSSR count). The standard InChI is InChI=1S/C11H20N4O2/c1-4-17-11(16)7-9(2)12-6-5-10-14-13-8-15(10)3/h8-9,12H,4-7H2,1-3H3. The number of aromatic nitrogens is 3. The van der Waals surface area contributed by atoms with Gasteiger partial charge in [0.05, 0.1) is 13.0 Å². The molecule has 96 valence electrons. The third kappa shape index (κ3) is 4.95. The van der Waals surface area contributed by atoms with Crippen molar-refractivity contribution in [2.45, 2.75) is 32.7 Å². The van der Waals surface area contributed by atoms with Crippen molar-refractivity contribution in [2.75, 3.05) is 13.2 Å². The highest BCUT2D eigenvalue weighted by molar-refractivity contribution is 5.69. The lowest BCUT2D eigenvalue weighted by Gasteiger charge is -2.12. The average Bonchev–Trinajstić information content (AvgIpc) is 2.64. The molecule has 17 heavy (non-hydrogen) atoms. The first-order valence-electron chi connectivity index (χ1n) is 5.85. The van der Waals surface area contributed by atoms with Gasteiger partial charge in [-0.3, -0.25) is 4.79 Å². The first-order valence-corrected chi connectivity index (χ1v) is 5.85. The van der Waals surface area contributed by atoms with Crippen molar-refractivity contribution in [1.29, 1.82) is 0 Å². The van der Waals surface area contributed by atoms with Crippen molar-refractivity contribution in [3.63, 3.8) is 0 Å². The summed E-state index contributed by atoms with van der Waals surface area (Å²) >= 11 is 0. The van der Waals surface area contributed by atoms with Crippen molar-refractivity contribution in [2.24, 2.45) is 7.05 Å². The number of ether oxygens (including phenoxy) is 1. The maximum absolute atomic E-state index is 11.2. The summed E-state index contributed by atoms with van der Waals surface area (Å²) in [6.45, 7) is 4.98. The Morgan fingerprint density at radius 2 is 2.41 bits per heavy atom. The predicted octanol–water partition coefficient (Wildman–Crippen LogP) is 0.289. The fourth-order valence-corrected chi connectivity index (χ4v) is 1.51. The number of esters is 1. The number of carbonyl (C=O) groups is 1. The van der Waals surface area contributed by atoms with Crippen molar-refractivity contribution in [3.05, 3.63) is 12.2 Å². The number of nitrogens with zero attached hydrogens (tertiary/aromatic N) is 3. The Morgan fingerprint density at radius 3 is 3.00 bits per heavy atom. The van der Waals surface area contributed by atoms with Crippen molar-refractivity contribution in [3.8, 4) is 0 Å². The maximum Gasteiger partial charge on any atom is 0.307 e. The summed E-state index contributed by atoms with van der Waals surface area (Å²) in [5.74, 6) is 0.770. The van der Waals surface area contributed by atoms with Gasteiger partial charge in [0.25, 0.3) is 0 Å². The average molecular weight is 240 g/mol. The van der Waals surface area contributed by atoms with E-state index in [0.29, 0.717) is 13.0 Å². The lowest BCUT2D eigenvalue weighted by Crippen LogP contribution is -2.31. The summed E-state index contributed by atoms with van der Waals surface area (Å²) < 4.78 is 6.77. The fourth-order valence-electron chi connectivity index (χ4n) is 1.51. The van der Waals surface area contributed by atoms with Gasteiger partial charge in [0.15, 0.2) is 0 Å². The van der Waals surface area contributed by atoms with E-state index in [1.165, 1.54) is 0 Å². The molecule has 0 spiro atoms. The molecule has 1 aromatic rings. The molecule has 1 aromatic heterocycles. The van der Waals surface area contributed by atoms with E-state index in [1.54, 1.807) is 6.33 Å². The van der Waals surface area contributed by atoms with Crippen LogP contribution in [0.5, 0.6) is 0 Å². The minimum Gasteiger partial charge on any atom is -0.466 e. The summed E-state index contributed by atoms with van der Waals surface area (Å²) in [7, 11) is 1.91. The third-order valence-corrected chi connectivity index (χ3v) is 2.42. The van der Waals surface area contributed by atoms with Gasteiger partial charge in [-0.15, -0.1) is 10.2 Å². The Labute approximate surface area is 101 Å². The summed E-state index contributed by atoms with van der Waals surface area (Å²) in [4.78, 5) is 11.2. The van der Waals surface area contributed by atoms with Crippen molar-refractivity contribution >= 4 is 5.97 Å². The van der Waals surface area contributed by atoms with Gasteiger partial charge in [-0.25, -0.2) is 0 Å². The molecule has 1 atom stereocenters. The molecule has 1 N–H and O–H groups in total. The van der Waals surface area contributed by atoms with Gasteiger partial charge in [0, 0.05) is 26.1 Å². The second-order valence-corrected chi connectivity index (χ2v) is 3.97. The zero-order valence-corrected chi connectivity index (χ0v) is 10.6. The van der Waals surface area contributed by atoms with Gasteiger partial charge >= 0.3 is 5.97 Å². The highest BCUT2D eigenvalue weighted by atomic mass is 16.5. The van der Waals surface area contributed by atoms with Crippen LogP contribution in [0, 0.1) is 0 Å².